The van der Waals surface area contributed by atoms with Crippen molar-refractivity contribution in [2.24, 2.45) is 0 Å². The molecule has 1 aliphatic heterocycles. The average molecular weight is 460 g/mol. The van der Waals surface area contributed by atoms with Gasteiger partial charge in [-0.2, -0.15) is 0 Å². The summed E-state index contributed by atoms with van der Waals surface area (Å²) in [6.45, 7) is 9.37. The molecule has 1 aliphatic rings. The van der Waals surface area contributed by atoms with E-state index >= 15 is 0 Å². The predicted octanol–water partition coefficient (Wildman–Crippen LogP) is 5.54. The van der Waals surface area contributed by atoms with Crippen LogP contribution < -0.4 is 9.64 Å². The summed E-state index contributed by atoms with van der Waals surface area (Å²) in [4.78, 5) is 21.8. The van der Waals surface area contributed by atoms with Gasteiger partial charge in [0.15, 0.2) is 0 Å². The molecule has 4 rings (SSSR count). The van der Waals surface area contributed by atoms with Gasteiger partial charge in [-0.05, 0) is 68.8 Å². The fraction of sp³-hybridized carbons (Fsp3) is 0.357. The minimum atomic E-state index is -0.316. The van der Waals surface area contributed by atoms with Crippen LogP contribution in [0, 0.1) is 0 Å². The third-order valence-electron chi connectivity index (χ3n) is 6.00. The zero-order chi connectivity index (χ0) is 23.9. The highest BCUT2D eigenvalue weighted by molar-refractivity contribution is 5.94. The molecule has 0 radical (unpaired) electrons. The fourth-order valence-corrected chi connectivity index (χ4v) is 4.38. The molecule has 0 bridgehead atoms. The molecule has 6 heteroatoms. The maximum Gasteiger partial charge on any atom is 0.342 e. The smallest absolute Gasteiger partial charge is 0.342 e. The van der Waals surface area contributed by atoms with E-state index < -0.39 is 0 Å². The van der Waals surface area contributed by atoms with Crippen LogP contribution in [0.2, 0.25) is 0 Å². The maximum atomic E-state index is 12.6. The molecule has 178 valence electrons. The summed E-state index contributed by atoms with van der Waals surface area (Å²) >= 11 is 0. The first kappa shape index (κ1) is 23.8. The molecule has 0 aliphatic carbocycles. The van der Waals surface area contributed by atoms with Gasteiger partial charge in [-0.3, -0.25) is 4.90 Å². The normalized spacial score (nSPS) is 15.7. The van der Waals surface area contributed by atoms with Gasteiger partial charge in [0.05, 0.1) is 6.10 Å². The number of carbonyl (C=O) groups is 1. The monoisotopic (exact) mass is 459 g/mol. The van der Waals surface area contributed by atoms with Crippen LogP contribution in [0.25, 0.3) is 0 Å². The number of nitrogens with zero attached hydrogens (tertiary/aromatic N) is 3. The van der Waals surface area contributed by atoms with Gasteiger partial charge in [0.2, 0.25) is 0 Å². The van der Waals surface area contributed by atoms with Crippen LogP contribution in [0.3, 0.4) is 0 Å². The Bertz CT molecular complexity index is 1090. The zero-order valence-electron chi connectivity index (χ0n) is 20.2. The highest BCUT2D eigenvalue weighted by Crippen LogP contribution is 2.27. The van der Waals surface area contributed by atoms with Gasteiger partial charge < -0.3 is 14.4 Å². The lowest BCUT2D eigenvalue weighted by Gasteiger charge is -2.28. The lowest BCUT2D eigenvalue weighted by atomic mass is 10.1. The van der Waals surface area contributed by atoms with Gasteiger partial charge in [-0.15, -0.1) is 0 Å². The standard InChI is InChI=1S/C28H33N3O3/c1-4-30(19-22-10-8-13-25(18-22)34-24-11-6-5-7-12-24)23-15-17-31(20-23)27-26(14-9-16-29-27)28(32)33-21(2)3/h5-14,16,18,21,23H,4,15,17,19-20H2,1-3H3/t23-/m0/s1. The summed E-state index contributed by atoms with van der Waals surface area (Å²) in [5.41, 5.74) is 1.75. The number of aromatic nitrogens is 1. The molecule has 1 aromatic heterocycles. The van der Waals surface area contributed by atoms with Crippen molar-refractivity contribution in [3.63, 3.8) is 0 Å². The topological polar surface area (TPSA) is 54.9 Å². The fourth-order valence-electron chi connectivity index (χ4n) is 4.38. The summed E-state index contributed by atoms with van der Waals surface area (Å²) in [6.07, 6.45) is 2.59. The van der Waals surface area contributed by atoms with Crippen molar-refractivity contribution in [3.05, 3.63) is 84.1 Å². The van der Waals surface area contributed by atoms with E-state index in [1.807, 2.05) is 56.3 Å². The van der Waals surface area contributed by atoms with Gasteiger partial charge in [-0.25, -0.2) is 9.78 Å². The molecule has 34 heavy (non-hydrogen) atoms. The average Bonchev–Trinajstić information content (AvgIpc) is 3.33. The minimum absolute atomic E-state index is 0.163. The number of benzene rings is 2. The Balaban J connectivity index is 1.43. The van der Waals surface area contributed by atoms with Crippen LogP contribution in [-0.4, -0.2) is 47.6 Å². The molecule has 2 heterocycles. The Hall–Kier alpha value is -3.38. The van der Waals surface area contributed by atoms with E-state index in [1.54, 1.807) is 18.3 Å². The van der Waals surface area contributed by atoms with Gasteiger partial charge in [0.1, 0.15) is 22.9 Å². The molecule has 1 fully saturated rings. The molecular formula is C28H33N3O3. The number of carbonyl (C=O) groups excluding carboxylic acids is 1. The largest absolute Gasteiger partial charge is 0.459 e. The SMILES string of the molecule is CCN(Cc1cccc(Oc2ccccc2)c1)[C@H]1CCN(c2ncccc2C(=O)OC(C)C)C1. The summed E-state index contributed by atoms with van der Waals surface area (Å²) in [5, 5.41) is 0. The number of anilines is 1. The quantitative estimate of drug-likeness (QED) is 0.392. The van der Waals surface area contributed by atoms with Crippen molar-refractivity contribution in [2.45, 2.75) is 45.9 Å². The van der Waals surface area contributed by atoms with Gasteiger partial charge in [-0.1, -0.05) is 37.3 Å². The van der Waals surface area contributed by atoms with E-state index in [-0.39, 0.29) is 12.1 Å². The third kappa shape index (κ3) is 5.94. The number of likely N-dealkylation sites (N-methyl/N-ethyl adjacent to an activating group) is 1. The molecule has 3 aromatic rings. The van der Waals surface area contributed by atoms with Gasteiger partial charge >= 0.3 is 5.97 Å². The predicted molar refractivity (Wildman–Crippen MR) is 134 cm³/mol. The van der Waals surface area contributed by atoms with Crippen molar-refractivity contribution in [1.82, 2.24) is 9.88 Å². The minimum Gasteiger partial charge on any atom is -0.459 e. The summed E-state index contributed by atoms with van der Waals surface area (Å²) < 4.78 is 11.5. The summed E-state index contributed by atoms with van der Waals surface area (Å²) in [6, 6.07) is 22.1. The molecule has 1 saturated heterocycles. The number of ether oxygens (including phenoxy) is 2. The lowest BCUT2D eigenvalue weighted by Crippen LogP contribution is -2.37. The van der Waals surface area contributed by atoms with Crippen molar-refractivity contribution < 1.29 is 14.3 Å². The summed E-state index contributed by atoms with van der Waals surface area (Å²) in [5.74, 6) is 2.07. The van der Waals surface area contributed by atoms with E-state index in [9.17, 15) is 4.79 Å². The second-order valence-electron chi connectivity index (χ2n) is 8.84. The Labute approximate surface area is 202 Å². The van der Waals surface area contributed by atoms with E-state index in [4.69, 9.17) is 9.47 Å². The highest BCUT2D eigenvalue weighted by atomic mass is 16.5. The van der Waals surface area contributed by atoms with E-state index in [0.29, 0.717) is 17.4 Å². The van der Waals surface area contributed by atoms with Crippen molar-refractivity contribution >= 4 is 11.8 Å². The number of hydrogen-bond donors (Lipinski definition) is 0. The number of esters is 1. The van der Waals surface area contributed by atoms with Crippen molar-refractivity contribution in [3.8, 4) is 11.5 Å². The molecule has 1 atom stereocenters. The van der Waals surface area contributed by atoms with E-state index in [2.05, 4.69) is 33.8 Å². The van der Waals surface area contributed by atoms with Crippen LogP contribution in [-0.2, 0) is 11.3 Å². The van der Waals surface area contributed by atoms with Crippen LogP contribution in [0.15, 0.2) is 72.9 Å². The Morgan fingerprint density at radius 2 is 1.88 bits per heavy atom. The number of hydrogen-bond acceptors (Lipinski definition) is 6. The first-order chi connectivity index (χ1) is 16.5. The Morgan fingerprint density at radius 3 is 2.65 bits per heavy atom. The first-order valence-corrected chi connectivity index (χ1v) is 12.0. The molecule has 2 aromatic carbocycles. The third-order valence-corrected chi connectivity index (χ3v) is 6.00. The molecular weight excluding hydrogens is 426 g/mol. The highest BCUT2D eigenvalue weighted by Gasteiger charge is 2.30. The number of rotatable bonds is 9. The van der Waals surface area contributed by atoms with Crippen LogP contribution in [0.5, 0.6) is 11.5 Å². The molecule has 0 unspecified atom stereocenters. The van der Waals surface area contributed by atoms with Crippen LogP contribution >= 0.6 is 0 Å². The molecule has 0 N–H and O–H groups in total. The van der Waals surface area contributed by atoms with Gasteiger partial charge in [0.25, 0.3) is 0 Å². The Morgan fingerprint density at radius 1 is 1.09 bits per heavy atom. The van der Waals surface area contributed by atoms with Crippen molar-refractivity contribution in [1.29, 1.82) is 0 Å². The Kier molecular flexibility index (Phi) is 7.80. The van der Waals surface area contributed by atoms with E-state index in [0.717, 1.165) is 44.1 Å². The maximum absolute atomic E-state index is 12.6. The second kappa shape index (κ2) is 11.2. The summed E-state index contributed by atoms with van der Waals surface area (Å²) in [7, 11) is 0. The van der Waals surface area contributed by atoms with E-state index in [1.165, 1.54) is 5.56 Å². The number of para-hydroxylation sites is 1. The second-order valence-corrected chi connectivity index (χ2v) is 8.84. The molecule has 0 spiro atoms. The van der Waals surface area contributed by atoms with Gasteiger partial charge in [0, 0.05) is 31.9 Å². The molecule has 0 amide bonds. The number of pyridine rings is 1. The first-order valence-electron chi connectivity index (χ1n) is 12.0. The zero-order valence-corrected chi connectivity index (χ0v) is 20.2. The lowest BCUT2D eigenvalue weighted by molar-refractivity contribution is 0.0378. The molecule has 6 nitrogen and oxygen atoms in total. The molecule has 0 saturated carbocycles. The van der Waals surface area contributed by atoms with Crippen LogP contribution in [0.1, 0.15) is 43.1 Å². The van der Waals surface area contributed by atoms with Crippen molar-refractivity contribution in [2.75, 3.05) is 24.5 Å². The van der Waals surface area contributed by atoms with Crippen LogP contribution in [0.4, 0.5) is 5.82 Å².